The first-order chi connectivity index (χ1) is 11.9. The maximum Gasteiger partial charge on any atom is 0.343 e. The molecule has 1 fully saturated rings. The Morgan fingerprint density at radius 1 is 1.38 bits per heavy atom. The van der Waals surface area contributed by atoms with Gasteiger partial charge in [-0.3, -0.25) is 4.99 Å². The summed E-state index contributed by atoms with van der Waals surface area (Å²) in [7, 11) is 0. The van der Waals surface area contributed by atoms with Crippen molar-refractivity contribution in [3.8, 4) is 0 Å². The number of aliphatic imine (C=N–C) groups is 1. The third-order valence-electron chi connectivity index (χ3n) is 4.54. The van der Waals surface area contributed by atoms with Gasteiger partial charge in [-0.1, -0.05) is 30.3 Å². The molecule has 0 saturated heterocycles. The normalized spacial score (nSPS) is 21.1. The first-order valence-electron chi connectivity index (χ1n) is 8.43. The average molecular weight is 391 g/mol. The van der Waals surface area contributed by atoms with Crippen LogP contribution in [-0.2, 0) is 15.1 Å². The molecule has 8 heteroatoms. The number of benzene rings is 1. The predicted molar refractivity (Wildman–Crippen MR) is 97.6 cm³/mol. The number of rotatable bonds is 8. The van der Waals surface area contributed by atoms with Crippen LogP contribution >= 0.6 is 12.4 Å². The number of halogens is 3. The Kier molecular flexibility index (Phi) is 8.43. The second-order valence-corrected chi connectivity index (χ2v) is 6.33. The van der Waals surface area contributed by atoms with Gasteiger partial charge in [-0.15, -0.1) is 12.4 Å². The van der Waals surface area contributed by atoms with Crippen LogP contribution in [0.3, 0.4) is 0 Å². The fraction of sp³-hybridized carbons (Fsp3) is 0.556. The summed E-state index contributed by atoms with van der Waals surface area (Å²) in [5, 5.41) is 11.1. The van der Waals surface area contributed by atoms with E-state index >= 15 is 0 Å². The Balaban J connectivity index is 0.00000338. The van der Waals surface area contributed by atoms with Crippen LogP contribution in [0.2, 0.25) is 0 Å². The van der Waals surface area contributed by atoms with E-state index in [-0.39, 0.29) is 37.4 Å². The lowest BCUT2D eigenvalue weighted by molar-refractivity contribution is -0.175. The highest BCUT2D eigenvalue weighted by Crippen LogP contribution is 2.47. The molecule has 0 bridgehead atoms. The molecule has 0 heterocycles. The molecule has 0 unspecified atom stereocenters. The number of aliphatic hydroxyl groups is 1. The third kappa shape index (κ3) is 5.38. The molecule has 0 aliphatic heterocycles. The van der Waals surface area contributed by atoms with Crippen molar-refractivity contribution in [2.24, 2.45) is 16.6 Å². The zero-order valence-corrected chi connectivity index (χ0v) is 15.3. The molecular formula is C18H25ClF2N2O3. The van der Waals surface area contributed by atoms with E-state index in [1.807, 2.05) is 0 Å². The van der Waals surface area contributed by atoms with Gasteiger partial charge in [0.15, 0.2) is 5.60 Å². The number of esters is 1. The van der Waals surface area contributed by atoms with Gasteiger partial charge >= 0.3 is 5.97 Å². The molecule has 1 aromatic carbocycles. The van der Waals surface area contributed by atoms with Gasteiger partial charge in [0.05, 0.1) is 12.9 Å². The maximum atomic E-state index is 13.6. The predicted octanol–water partition coefficient (Wildman–Crippen LogP) is 3.04. The molecule has 5 nitrogen and oxygen atoms in total. The van der Waals surface area contributed by atoms with E-state index in [0.29, 0.717) is 19.4 Å². The van der Waals surface area contributed by atoms with E-state index in [4.69, 9.17) is 10.5 Å². The number of ether oxygens (including phenoxy) is 1. The molecule has 0 radical (unpaired) electrons. The van der Waals surface area contributed by atoms with Gasteiger partial charge in [0.25, 0.3) is 0 Å². The minimum absolute atomic E-state index is 0. The Bertz CT molecular complexity index is 601. The molecule has 3 N–H and O–H groups in total. The SMILES string of the molecule is Cl.NC=NCCCCOC(=O)[C@](O)(c1ccccc1)[C@@H]1CCC(F)(F)C1. The van der Waals surface area contributed by atoms with E-state index in [9.17, 15) is 18.7 Å². The van der Waals surface area contributed by atoms with Crippen LogP contribution in [-0.4, -0.2) is 36.5 Å². The van der Waals surface area contributed by atoms with Gasteiger partial charge in [-0.25, -0.2) is 13.6 Å². The summed E-state index contributed by atoms with van der Waals surface area (Å²) in [6, 6.07) is 8.18. The number of hydrogen-bond acceptors (Lipinski definition) is 4. The highest BCUT2D eigenvalue weighted by atomic mass is 35.5. The molecule has 0 amide bonds. The summed E-state index contributed by atoms with van der Waals surface area (Å²) in [6.07, 6.45) is 1.63. The minimum Gasteiger partial charge on any atom is -0.463 e. The summed E-state index contributed by atoms with van der Waals surface area (Å²) in [6.45, 7) is 0.614. The topological polar surface area (TPSA) is 84.9 Å². The van der Waals surface area contributed by atoms with Crippen molar-refractivity contribution >= 4 is 24.7 Å². The van der Waals surface area contributed by atoms with Gasteiger partial charge in [-0.05, 0) is 24.8 Å². The Labute approximate surface area is 158 Å². The lowest BCUT2D eigenvalue weighted by atomic mass is 9.80. The number of hydrogen-bond donors (Lipinski definition) is 2. The monoisotopic (exact) mass is 390 g/mol. The largest absolute Gasteiger partial charge is 0.463 e. The van der Waals surface area contributed by atoms with Crippen molar-refractivity contribution in [2.75, 3.05) is 13.2 Å². The number of nitrogens with zero attached hydrogens (tertiary/aromatic N) is 1. The van der Waals surface area contributed by atoms with Gasteiger partial charge in [0.2, 0.25) is 5.92 Å². The van der Waals surface area contributed by atoms with E-state index < -0.39 is 29.8 Å². The fourth-order valence-corrected chi connectivity index (χ4v) is 3.17. The number of unbranched alkanes of at least 4 members (excludes halogenated alkanes) is 1. The van der Waals surface area contributed by atoms with Gasteiger partial charge < -0.3 is 15.6 Å². The van der Waals surface area contributed by atoms with E-state index in [2.05, 4.69) is 4.99 Å². The minimum atomic E-state index is -2.87. The summed E-state index contributed by atoms with van der Waals surface area (Å²) in [4.78, 5) is 16.4. The van der Waals surface area contributed by atoms with Crippen molar-refractivity contribution < 1.29 is 23.4 Å². The van der Waals surface area contributed by atoms with E-state index in [0.717, 1.165) is 0 Å². The highest BCUT2D eigenvalue weighted by Gasteiger charge is 2.54. The van der Waals surface area contributed by atoms with Crippen molar-refractivity contribution in [1.82, 2.24) is 0 Å². The lowest BCUT2D eigenvalue weighted by Crippen LogP contribution is -2.44. The third-order valence-corrected chi connectivity index (χ3v) is 4.54. The van der Waals surface area contributed by atoms with Crippen LogP contribution in [0, 0.1) is 5.92 Å². The number of nitrogens with two attached hydrogens (primary N) is 1. The fourth-order valence-electron chi connectivity index (χ4n) is 3.17. The van der Waals surface area contributed by atoms with Gasteiger partial charge in [-0.2, -0.15) is 0 Å². The van der Waals surface area contributed by atoms with Crippen LogP contribution in [0.15, 0.2) is 35.3 Å². The molecule has 0 spiro atoms. The molecule has 2 rings (SSSR count). The molecule has 1 saturated carbocycles. The molecule has 2 atom stereocenters. The number of alkyl halides is 2. The second-order valence-electron chi connectivity index (χ2n) is 6.33. The van der Waals surface area contributed by atoms with Crippen LogP contribution in [0.4, 0.5) is 8.78 Å². The van der Waals surface area contributed by atoms with E-state index in [1.54, 1.807) is 30.3 Å². The molecular weight excluding hydrogens is 366 g/mol. The first kappa shape index (κ1) is 22.3. The molecule has 146 valence electrons. The molecule has 0 aromatic heterocycles. The number of carbonyl (C=O) groups excluding carboxylic acids is 1. The number of carbonyl (C=O) groups is 1. The quantitative estimate of drug-likeness (QED) is 0.309. The van der Waals surface area contributed by atoms with Crippen LogP contribution < -0.4 is 5.73 Å². The Hall–Kier alpha value is -1.73. The van der Waals surface area contributed by atoms with Gasteiger partial charge in [0.1, 0.15) is 0 Å². The molecule has 1 aliphatic carbocycles. The van der Waals surface area contributed by atoms with Crippen molar-refractivity contribution in [3.05, 3.63) is 35.9 Å². The van der Waals surface area contributed by atoms with Crippen LogP contribution in [0.1, 0.15) is 37.7 Å². The summed E-state index contributed by atoms with van der Waals surface area (Å²) in [5.41, 5.74) is 3.36. The molecule has 26 heavy (non-hydrogen) atoms. The van der Waals surface area contributed by atoms with Crippen molar-refractivity contribution in [1.29, 1.82) is 0 Å². The highest BCUT2D eigenvalue weighted by molar-refractivity contribution is 5.85. The average Bonchev–Trinajstić information content (AvgIpc) is 2.98. The van der Waals surface area contributed by atoms with Crippen LogP contribution in [0.5, 0.6) is 0 Å². The van der Waals surface area contributed by atoms with Crippen molar-refractivity contribution in [2.45, 2.75) is 43.6 Å². The maximum absolute atomic E-state index is 13.6. The summed E-state index contributed by atoms with van der Waals surface area (Å²) in [5.74, 6) is -4.61. The zero-order valence-electron chi connectivity index (χ0n) is 14.4. The summed E-state index contributed by atoms with van der Waals surface area (Å²) >= 11 is 0. The first-order valence-corrected chi connectivity index (χ1v) is 8.43. The lowest BCUT2D eigenvalue weighted by Gasteiger charge is -2.32. The Morgan fingerprint density at radius 3 is 2.65 bits per heavy atom. The standard InChI is InChI=1S/C18H24F2N2O3.ClH/c19-17(20)9-8-15(12-17)18(24,14-6-2-1-3-7-14)16(23)25-11-5-4-10-22-13-21;/h1-3,6-7,13,15,24H,4-5,8-12H2,(H2,21,22);1H/t15-,18+;/m1./s1. The smallest absolute Gasteiger partial charge is 0.343 e. The Morgan fingerprint density at radius 2 is 2.08 bits per heavy atom. The second kappa shape index (κ2) is 9.83. The summed E-state index contributed by atoms with van der Waals surface area (Å²) < 4.78 is 32.5. The van der Waals surface area contributed by atoms with Gasteiger partial charge in [0, 0.05) is 25.3 Å². The zero-order chi connectivity index (χ0) is 18.3. The molecule has 1 aromatic rings. The van der Waals surface area contributed by atoms with Crippen LogP contribution in [0.25, 0.3) is 0 Å². The van der Waals surface area contributed by atoms with Crippen molar-refractivity contribution in [3.63, 3.8) is 0 Å². The molecule has 1 aliphatic rings. The van der Waals surface area contributed by atoms with E-state index in [1.165, 1.54) is 6.34 Å².